The molecular formula is C19H21NO3. The smallest absolute Gasteiger partial charge is 0.244 e. The third-order valence-corrected chi connectivity index (χ3v) is 3.11. The van der Waals surface area contributed by atoms with Gasteiger partial charge in [0.15, 0.2) is 0 Å². The predicted molar refractivity (Wildman–Crippen MR) is 90.9 cm³/mol. The first-order valence-electron chi connectivity index (χ1n) is 7.54. The van der Waals surface area contributed by atoms with Crippen molar-refractivity contribution in [1.82, 2.24) is 5.32 Å². The molecule has 1 atom stereocenters. The molecule has 4 heteroatoms. The number of rotatable bonds is 7. The molecule has 1 amide bonds. The zero-order valence-electron chi connectivity index (χ0n) is 13.1. The molecule has 0 saturated carbocycles. The van der Waals surface area contributed by atoms with E-state index in [1.165, 1.54) is 6.08 Å². The maximum atomic E-state index is 11.6. The lowest BCUT2D eigenvalue weighted by atomic mass is 10.2. The molecule has 2 aromatic rings. The molecule has 0 heterocycles. The Bertz CT molecular complexity index is 651. The molecule has 0 fully saturated rings. The maximum absolute atomic E-state index is 11.6. The van der Waals surface area contributed by atoms with Gasteiger partial charge in [0, 0.05) is 12.6 Å². The number of aliphatic hydroxyl groups is 1. The molecule has 0 aliphatic rings. The van der Waals surface area contributed by atoms with E-state index in [1.54, 1.807) is 13.0 Å². The first-order valence-corrected chi connectivity index (χ1v) is 7.54. The van der Waals surface area contributed by atoms with Gasteiger partial charge in [0.1, 0.15) is 12.4 Å². The van der Waals surface area contributed by atoms with Crippen molar-refractivity contribution in [3.8, 4) is 5.75 Å². The number of amides is 1. The van der Waals surface area contributed by atoms with Crippen LogP contribution in [-0.4, -0.2) is 23.7 Å². The number of carbonyl (C=O) groups is 1. The Balaban J connectivity index is 1.90. The third-order valence-electron chi connectivity index (χ3n) is 3.11. The highest BCUT2D eigenvalue weighted by molar-refractivity contribution is 5.91. The van der Waals surface area contributed by atoms with Gasteiger partial charge in [-0.1, -0.05) is 42.5 Å². The van der Waals surface area contributed by atoms with E-state index in [0.29, 0.717) is 6.61 Å². The van der Waals surface area contributed by atoms with Crippen LogP contribution in [-0.2, 0) is 11.4 Å². The highest BCUT2D eigenvalue weighted by Crippen LogP contribution is 2.16. The second kappa shape index (κ2) is 8.76. The van der Waals surface area contributed by atoms with E-state index in [2.05, 4.69) is 5.32 Å². The van der Waals surface area contributed by atoms with Crippen molar-refractivity contribution in [2.75, 3.05) is 6.54 Å². The van der Waals surface area contributed by atoms with Crippen molar-refractivity contribution >= 4 is 12.0 Å². The molecule has 4 nitrogen and oxygen atoms in total. The predicted octanol–water partition coefficient (Wildman–Crippen LogP) is 2.78. The Kier molecular flexibility index (Phi) is 6.39. The molecule has 0 aliphatic carbocycles. The number of hydrogen-bond acceptors (Lipinski definition) is 3. The third kappa shape index (κ3) is 6.36. The number of benzene rings is 2. The molecule has 120 valence electrons. The van der Waals surface area contributed by atoms with Gasteiger partial charge in [-0.2, -0.15) is 0 Å². The second-order valence-electron chi connectivity index (χ2n) is 5.27. The molecule has 23 heavy (non-hydrogen) atoms. The van der Waals surface area contributed by atoms with Crippen LogP contribution in [0.4, 0.5) is 0 Å². The zero-order chi connectivity index (χ0) is 16.5. The fourth-order valence-electron chi connectivity index (χ4n) is 1.93. The summed E-state index contributed by atoms with van der Waals surface area (Å²) in [6.07, 6.45) is 2.60. The van der Waals surface area contributed by atoms with Crippen LogP contribution in [0.3, 0.4) is 0 Å². The van der Waals surface area contributed by atoms with E-state index in [4.69, 9.17) is 9.84 Å². The first-order chi connectivity index (χ1) is 11.1. The van der Waals surface area contributed by atoms with Crippen molar-refractivity contribution in [3.05, 3.63) is 71.8 Å². The van der Waals surface area contributed by atoms with E-state index in [9.17, 15) is 4.79 Å². The summed E-state index contributed by atoms with van der Waals surface area (Å²) in [4.78, 5) is 11.6. The van der Waals surface area contributed by atoms with Crippen molar-refractivity contribution in [1.29, 1.82) is 0 Å². The van der Waals surface area contributed by atoms with Crippen molar-refractivity contribution in [2.24, 2.45) is 0 Å². The van der Waals surface area contributed by atoms with Gasteiger partial charge in [-0.25, -0.2) is 0 Å². The molecule has 0 saturated heterocycles. The maximum Gasteiger partial charge on any atom is 0.244 e. The number of hydrogen-bond donors (Lipinski definition) is 2. The first kappa shape index (κ1) is 16.8. The Hall–Kier alpha value is -2.59. The standard InChI is InChI=1S/C19H21NO3/c1-15(21)13-20-19(22)11-10-16-8-5-9-18(12-16)23-14-17-6-3-2-4-7-17/h2-12,15,21H,13-14H2,1H3,(H,20,22)/b11-10+. The highest BCUT2D eigenvalue weighted by atomic mass is 16.5. The van der Waals surface area contributed by atoms with Crippen LogP contribution in [0.25, 0.3) is 6.08 Å². The Morgan fingerprint density at radius 3 is 2.74 bits per heavy atom. The van der Waals surface area contributed by atoms with E-state index >= 15 is 0 Å². The molecule has 2 N–H and O–H groups in total. The topological polar surface area (TPSA) is 58.6 Å². The monoisotopic (exact) mass is 311 g/mol. The number of ether oxygens (including phenoxy) is 1. The minimum Gasteiger partial charge on any atom is -0.489 e. The molecular weight excluding hydrogens is 290 g/mol. The Labute approximate surface area is 136 Å². The minimum absolute atomic E-state index is 0.235. The molecule has 0 radical (unpaired) electrons. The van der Waals surface area contributed by atoms with E-state index in [-0.39, 0.29) is 12.5 Å². The van der Waals surface area contributed by atoms with Gasteiger partial charge in [0.2, 0.25) is 5.91 Å². The van der Waals surface area contributed by atoms with Gasteiger partial charge < -0.3 is 15.2 Å². The fourth-order valence-corrected chi connectivity index (χ4v) is 1.93. The molecule has 0 aliphatic heterocycles. The van der Waals surface area contributed by atoms with Gasteiger partial charge in [-0.3, -0.25) is 4.79 Å². The average molecular weight is 311 g/mol. The van der Waals surface area contributed by atoms with E-state index < -0.39 is 6.10 Å². The lowest BCUT2D eigenvalue weighted by molar-refractivity contribution is -0.116. The normalized spacial score (nSPS) is 12.1. The van der Waals surface area contributed by atoms with Crippen LogP contribution in [0, 0.1) is 0 Å². The summed E-state index contributed by atoms with van der Waals surface area (Å²) in [7, 11) is 0. The van der Waals surface area contributed by atoms with Crippen LogP contribution in [0.2, 0.25) is 0 Å². The molecule has 0 bridgehead atoms. The Morgan fingerprint density at radius 1 is 1.22 bits per heavy atom. The van der Waals surface area contributed by atoms with Gasteiger partial charge in [-0.05, 0) is 36.3 Å². The lowest BCUT2D eigenvalue weighted by Gasteiger charge is -2.07. The fraction of sp³-hybridized carbons (Fsp3) is 0.211. The highest BCUT2D eigenvalue weighted by Gasteiger charge is 2.00. The molecule has 2 aromatic carbocycles. The van der Waals surface area contributed by atoms with Crippen LogP contribution in [0.1, 0.15) is 18.1 Å². The largest absolute Gasteiger partial charge is 0.489 e. The molecule has 0 spiro atoms. The SMILES string of the molecule is CC(O)CNC(=O)/C=C/c1cccc(OCc2ccccc2)c1. The van der Waals surface area contributed by atoms with Crippen LogP contribution in [0.15, 0.2) is 60.7 Å². The van der Waals surface area contributed by atoms with Gasteiger partial charge in [-0.15, -0.1) is 0 Å². The van der Waals surface area contributed by atoms with Gasteiger partial charge in [0.05, 0.1) is 6.10 Å². The summed E-state index contributed by atoms with van der Waals surface area (Å²) in [6.45, 7) is 2.36. The van der Waals surface area contributed by atoms with Crippen molar-refractivity contribution in [3.63, 3.8) is 0 Å². The quantitative estimate of drug-likeness (QED) is 0.773. The average Bonchev–Trinajstić information content (AvgIpc) is 2.57. The molecule has 1 unspecified atom stereocenters. The summed E-state index contributed by atoms with van der Waals surface area (Å²) in [5, 5.41) is 11.7. The van der Waals surface area contributed by atoms with Crippen LogP contribution >= 0.6 is 0 Å². The van der Waals surface area contributed by atoms with Gasteiger partial charge >= 0.3 is 0 Å². The Morgan fingerprint density at radius 2 is 2.00 bits per heavy atom. The van der Waals surface area contributed by atoms with E-state index in [0.717, 1.165) is 16.9 Å². The van der Waals surface area contributed by atoms with Crippen LogP contribution < -0.4 is 10.1 Å². The van der Waals surface area contributed by atoms with E-state index in [1.807, 2.05) is 54.6 Å². The molecule has 0 aromatic heterocycles. The summed E-state index contributed by atoms with van der Waals surface area (Å²) >= 11 is 0. The summed E-state index contributed by atoms with van der Waals surface area (Å²) in [5.41, 5.74) is 1.98. The second-order valence-corrected chi connectivity index (χ2v) is 5.27. The van der Waals surface area contributed by atoms with Gasteiger partial charge in [0.25, 0.3) is 0 Å². The summed E-state index contributed by atoms with van der Waals surface area (Å²) in [5.74, 6) is 0.516. The van der Waals surface area contributed by atoms with Crippen LogP contribution in [0.5, 0.6) is 5.75 Å². The summed E-state index contributed by atoms with van der Waals surface area (Å²) in [6, 6.07) is 17.5. The zero-order valence-corrected chi connectivity index (χ0v) is 13.1. The lowest BCUT2D eigenvalue weighted by Crippen LogP contribution is -2.28. The van der Waals surface area contributed by atoms with Crippen molar-refractivity contribution < 1.29 is 14.6 Å². The number of carbonyl (C=O) groups excluding carboxylic acids is 1. The summed E-state index contributed by atoms with van der Waals surface area (Å²) < 4.78 is 5.75. The van der Waals surface area contributed by atoms with Crippen molar-refractivity contribution in [2.45, 2.75) is 19.6 Å². The number of aliphatic hydroxyl groups excluding tert-OH is 1. The molecule has 2 rings (SSSR count). The number of nitrogens with one attached hydrogen (secondary N) is 1. The minimum atomic E-state index is -0.554.